The summed E-state index contributed by atoms with van der Waals surface area (Å²) in [6, 6.07) is 13.6. The van der Waals surface area contributed by atoms with Gasteiger partial charge in [0.2, 0.25) is 0 Å². The van der Waals surface area contributed by atoms with Crippen molar-refractivity contribution in [2.75, 3.05) is 5.73 Å². The molecule has 1 unspecified atom stereocenters. The fourth-order valence-corrected chi connectivity index (χ4v) is 4.94. The average Bonchev–Trinajstić information content (AvgIpc) is 3.41. The van der Waals surface area contributed by atoms with Gasteiger partial charge in [-0.25, -0.2) is 4.39 Å². The maximum absolute atomic E-state index is 13.7. The van der Waals surface area contributed by atoms with Crippen molar-refractivity contribution >= 4 is 17.6 Å². The number of benzene rings is 2. The summed E-state index contributed by atoms with van der Waals surface area (Å²) in [5.41, 5.74) is 8.14. The van der Waals surface area contributed by atoms with Crippen LogP contribution in [0.25, 0.3) is 5.69 Å². The first-order valence-electron chi connectivity index (χ1n) is 13.5. The number of carbonyl (C=O) groups is 2. The SMILES string of the molecule is Cc1cc(C(=O)c2ccc(=O)n(-c3ccc(CNC(CC(C)C)C(=O)OC4CCCC4)cc3)c2N)ccc1F. The number of nitrogens with two attached hydrogens (primary N) is 1. The second-order valence-corrected chi connectivity index (χ2v) is 10.7. The number of carbonyl (C=O) groups excluding carboxylic acids is 2. The lowest BCUT2D eigenvalue weighted by molar-refractivity contribution is -0.151. The number of nitrogens with one attached hydrogen (secondary N) is 1. The Hall–Kier alpha value is -3.78. The third-order valence-corrected chi connectivity index (χ3v) is 7.12. The lowest BCUT2D eigenvalue weighted by Crippen LogP contribution is -2.40. The number of aromatic nitrogens is 1. The highest BCUT2D eigenvalue weighted by Crippen LogP contribution is 2.23. The second-order valence-electron chi connectivity index (χ2n) is 10.7. The number of esters is 1. The molecule has 1 aromatic heterocycles. The normalized spacial score (nSPS) is 14.5. The number of halogens is 1. The predicted molar refractivity (Wildman–Crippen MR) is 149 cm³/mol. The summed E-state index contributed by atoms with van der Waals surface area (Å²) >= 11 is 0. The first-order chi connectivity index (χ1) is 18.6. The van der Waals surface area contributed by atoms with Crippen molar-refractivity contribution < 1.29 is 18.7 Å². The molecule has 39 heavy (non-hydrogen) atoms. The van der Waals surface area contributed by atoms with E-state index in [-0.39, 0.29) is 34.6 Å². The number of rotatable bonds is 10. The molecule has 1 aliphatic carbocycles. The zero-order valence-corrected chi connectivity index (χ0v) is 22.7. The summed E-state index contributed by atoms with van der Waals surface area (Å²) < 4.78 is 20.7. The van der Waals surface area contributed by atoms with Crippen LogP contribution in [0.5, 0.6) is 0 Å². The second kappa shape index (κ2) is 12.4. The number of ketones is 1. The minimum atomic E-state index is -0.402. The van der Waals surface area contributed by atoms with E-state index >= 15 is 0 Å². The zero-order valence-electron chi connectivity index (χ0n) is 22.7. The van der Waals surface area contributed by atoms with Crippen molar-refractivity contribution in [2.24, 2.45) is 5.92 Å². The van der Waals surface area contributed by atoms with Gasteiger partial charge in [-0.05, 0) is 92.5 Å². The van der Waals surface area contributed by atoms with E-state index in [0.29, 0.717) is 30.1 Å². The van der Waals surface area contributed by atoms with Crippen molar-refractivity contribution in [3.8, 4) is 5.69 Å². The van der Waals surface area contributed by atoms with Crippen molar-refractivity contribution in [1.82, 2.24) is 9.88 Å². The van der Waals surface area contributed by atoms with E-state index in [4.69, 9.17) is 10.5 Å². The average molecular weight is 534 g/mol. The molecule has 1 fully saturated rings. The predicted octanol–water partition coefficient (Wildman–Crippen LogP) is 5.09. The molecule has 1 saturated carbocycles. The van der Waals surface area contributed by atoms with Crippen LogP contribution in [0.3, 0.4) is 0 Å². The number of ether oxygens (including phenoxy) is 1. The molecule has 8 heteroatoms. The van der Waals surface area contributed by atoms with Gasteiger partial charge >= 0.3 is 5.97 Å². The highest BCUT2D eigenvalue weighted by Gasteiger charge is 2.26. The van der Waals surface area contributed by atoms with Crippen LogP contribution in [0.15, 0.2) is 59.4 Å². The van der Waals surface area contributed by atoms with E-state index < -0.39 is 17.6 Å². The summed E-state index contributed by atoms with van der Waals surface area (Å²) in [5, 5.41) is 3.33. The molecule has 1 atom stereocenters. The van der Waals surface area contributed by atoms with Crippen LogP contribution in [0.1, 0.15) is 73.0 Å². The molecule has 7 nitrogen and oxygen atoms in total. The molecule has 0 radical (unpaired) electrons. The van der Waals surface area contributed by atoms with Crippen LogP contribution < -0.4 is 16.6 Å². The Bertz CT molecular complexity index is 1390. The first-order valence-corrected chi connectivity index (χ1v) is 13.5. The standard InChI is InChI=1S/C31H36FN3O4/c1-19(2)16-27(31(38)39-24-6-4-5-7-24)34-18-21-8-11-23(12-9-21)35-28(36)15-13-25(30(35)33)29(37)22-10-14-26(32)20(3)17-22/h8-15,17,19,24,27,34H,4-7,16,18,33H2,1-3H3. The summed E-state index contributed by atoms with van der Waals surface area (Å²) in [7, 11) is 0. The Balaban J connectivity index is 1.50. The first kappa shape index (κ1) is 28.2. The van der Waals surface area contributed by atoms with Gasteiger partial charge in [0.1, 0.15) is 23.8 Å². The molecule has 0 saturated heterocycles. The van der Waals surface area contributed by atoms with Gasteiger partial charge < -0.3 is 15.8 Å². The molecule has 2 aromatic carbocycles. The molecule has 1 aliphatic rings. The molecule has 0 aliphatic heterocycles. The monoisotopic (exact) mass is 533 g/mol. The van der Waals surface area contributed by atoms with E-state index in [0.717, 1.165) is 31.2 Å². The minimum Gasteiger partial charge on any atom is -0.461 e. The van der Waals surface area contributed by atoms with Crippen LogP contribution in [-0.4, -0.2) is 28.5 Å². The largest absolute Gasteiger partial charge is 0.461 e. The van der Waals surface area contributed by atoms with Crippen LogP contribution in [-0.2, 0) is 16.1 Å². The van der Waals surface area contributed by atoms with Crippen LogP contribution in [0, 0.1) is 18.7 Å². The van der Waals surface area contributed by atoms with Gasteiger partial charge in [0.25, 0.3) is 5.56 Å². The number of nitrogens with zero attached hydrogens (tertiary/aromatic N) is 1. The maximum Gasteiger partial charge on any atom is 0.323 e. The van der Waals surface area contributed by atoms with Crippen LogP contribution >= 0.6 is 0 Å². The Kier molecular flexibility index (Phi) is 8.97. The molecular formula is C31H36FN3O4. The van der Waals surface area contributed by atoms with Gasteiger partial charge in [0.05, 0.1) is 11.3 Å². The van der Waals surface area contributed by atoms with Gasteiger partial charge in [-0.1, -0.05) is 26.0 Å². The summed E-state index contributed by atoms with van der Waals surface area (Å²) in [6.45, 7) is 6.18. The molecule has 1 heterocycles. The maximum atomic E-state index is 13.7. The Labute approximate surface area is 228 Å². The van der Waals surface area contributed by atoms with Gasteiger partial charge in [-0.15, -0.1) is 0 Å². The molecule has 0 amide bonds. The number of hydrogen-bond acceptors (Lipinski definition) is 6. The molecular weight excluding hydrogens is 497 g/mol. The highest BCUT2D eigenvalue weighted by atomic mass is 19.1. The van der Waals surface area contributed by atoms with Crippen molar-refractivity contribution in [1.29, 1.82) is 0 Å². The number of anilines is 1. The van der Waals surface area contributed by atoms with Crippen molar-refractivity contribution in [3.05, 3.63) is 93.0 Å². The zero-order chi connectivity index (χ0) is 28.1. The lowest BCUT2D eigenvalue weighted by atomic mass is 10.0. The quantitative estimate of drug-likeness (QED) is 0.278. The van der Waals surface area contributed by atoms with Gasteiger partial charge in [-0.2, -0.15) is 0 Å². The Morgan fingerprint density at radius 1 is 1.08 bits per heavy atom. The molecule has 206 valence electrons. The van der Waals surface area contributed by atoms with Gasteiger partial charge in [0, 0.05) is 18.2 Å². The number of pyridine rings is 1. The number of aryl methyl sites for hydroxylation is 1. The minimum absolute atomic E-state index is 0.00649. The lowest BCUT2D eigenvalue weighted by Gasteiger charge is -2.22. The number of nitrogen functional groups attached to an aromatic ring is 1. The third kappa shape index (κ3) is 6.81. The van der Waals surface area contributed by atoms with Crippen LogP contribution in [0.2, 0.25) is 0 Å². The van der Waals surface area contributed by atoms with Crippen molar-refractivity contribution in [2.45, 2.75) is 71.6 Å². The van der Waals surface area contributed by atoms with E-state index in [9.17, 15) is 18.8 Å². The van der Waals surface area contributed by atoms with E-state index in [2.05, 4.69) is 19.2 Å². The summed E-state index contributed by atoms with van der Waals surface area (Å²) in [5.74, 6) is -0.674. The summed E-state index contributed by atoms with van der Waals surface area (Å²) in [6.07, 6.45) is 4.75. The van der Waals surface area contributed by atoms with Crippen LogP contribution in [0.4, 0.5) is 10.2 Å². The summed E-state index contributed by atoms with van der Waals surface area (Å²) in [4.78, 5) is 38.6. The molecule has 4 rings (SSSR count). The molecule has 0 bridgehead atoms. The highest BCUT2D eigenvalue weighted by molar-refractivity contribution is 6.11. The topological polar surface area (TPSA) is 103 Å². The van der Waals surface area contributed by atoms with Gasteiger partial charge in [0.15, 0.2) is 5.78 Å². The van der Waals surface area contributed by atoms with Gasteiger partial charge in [-0.3, -0.25) is 19.0 Å². The van der Waals surface area contributed by atoms with Crippen molar-refractivity contribution in [3.63, 3.8) is 0 Å². The molecule has 3 N–H and O–H groups in total. The number of hydrogen-bond donors (Lipinski definition) is 2. The molecule has 0 spiro atoms. The Morgan fingerprint density at radius 2 is 1.77 bits per heavy atom. The third-order valence-electron chi connectivity index (χ3n) is 7.12. The Morgan fingerprint density at radius 3 is 2.41 bits per heavy atom. The fraction of sp³-hybridized carbons (Fsp3) is 0.387. The molecule has 3 aromatic rings. The van der Waals surface area contributed by atoms with E-state index in [1.165, 1.54) is 34.9 Å². The van der Waals surface area contributed by atoms with E-state index in [1.54, 1.807) is 19.1 Å². The smallest absolute Gasteiger partial charge is 0.323 e. The fourth-order valence-electron chi connectivity index (χ4n) is 4.94. The van der Waals surface area contributed by atoms with E-state index in [1.807, 2.05) is 12.1 Å².